The van der Waals surface area contributed by atoms with Gasteiger partial charge in [0.05, 0.1) is 6.54 Å². The van der Waals surface area contributed by atoms with Crippen LogP contribution in [0.25, 0.3) is 0 Å². The Kier molecular flexibility index (Phi) is 3.23. The van der Waals surface area contributed by atoms with E-state index in [1.807, 2.05) is 0 Å². The molecule has 2 fully saturated rings. The van der Waals surface area contributed by atoms with Gasteiger partial charge in [-0.1, -0.05) is 0 Å². The molecule has 2 aliphatic heterocycles. The molecule has 0 spiro atoms. The van der Waals surface area contributed by atoms with E-state index in [-0.39, 0.29) is 6.04 Å². The minimum Gasteiger partial charge on any atom is -0.390 e. The van der Waals surface area contributed by atoms with Gasteiger partial charge in [-0.25, -0.2) is 8.78 Å². The van der Waals surface area contributed by atoms with Gasteiger partial charge in [0.25, 0.3) is 5.92 Å². The van der Waals surface area contributed by atoms with Crippen LogP contribution in [0.3, 0.4) is 0 Å². The van der Waals surface area contributed by atoms with Gasteiger partial charge in [0, 0.05) is 12.6 Å². The summed E-state index contributed by atoms with van der Waals surface area (Å²) in [5, 5.41) is 11.4. The van der Waals surface area contributed by atoms with E-state index in [0.29, 0.717) is 5.92 Å². The smallest absolute Gasteiger partial charge is 0.282 e. The highest BCUT2D eigenvalue weighted by Gasteiger charge is 2.36. The van der Waals surface area contributed by atoms with Crippen LogP contribution >= 0.6 is 0 Å². The summed E-state index contributed by atoms with van der Waals surface area (Å²) in [6, 6.07) is 0.209. The maximum Gasteiger partial charge on any atom is 0.282 e. The van der Waals surface area contributed by atoms with Crippen LogP contribution in [0.5, 0.6) is 0 Å². The van der Waals surface area contributed by atoms with Gasteiger partial charge in [0.2, 0.25) is 0 Å². The van der Waals surface area contributed by atoms with E-state index in [4.69, 9.17) is 5.11 Å². The molecule has 0 aromatic rings. The van der Waals surface area contributed by atoms with E-state index in [1.165, 1.54) is 0 Å². The van der Waals surface area contributed by atoms with Crippen LogP contribution in [0.2, 0.25) is 0 Å². The second-order valence-electron chi connectivity index (χ2n) is 4.64. The number of fused-ring (bicyclic) bond motifs is 2. The second kappa shape index (κ2) is 4.31. The van der Waals surface area contributed by atoms with Gasteiger partial charge < -0.3 is 15.3 Å². The molecule has 0 radical (unpaired) electrons. The maximum absolute atomic E-state index is 12.8. The summed E-state index contributed by atoms with van der Waals surface area (Å²) in [6.07, 6.45) is 2.06. The Morgan fingerprint density at radius 2 is 2.07 bits per heavy atom. The molecular weight excluding hydrogens is 202 g/mol. The lowest BCUT2D eigenvalue weighted by molar-refractivity contribution is -0.0511. The van der Waals surface area contributed by atoms with Gasteiger partial charge >= 0.3 is 0 Å². The minimum absolute atomic E-state index is 0.209. The fourth-order valence-electron chi connectivity index (χ4n) is 2.56. The van der Waals surface area contributed by atoms with E-state index in [1.54, 1.807) is 0 Å². The first-order chi connectivity index (χ1) is 7.11. The molecule has 2 N–H and O–H groups in total. The highest BCUT2D eigenvalue weighted by Crippen LogP contribution is 2.27. The van der Waals surface area contributed by atoms with Crippen molar-refractivity contribution in [3.63, 3.8) is 0 Å². The highest BCUT2D eigenvalue weighted by molar-refractivity contribution is 4.91. The summed E-state index contributed by atoms with van der Waals surface area (Å²) >= 11 is 0. The zero-order valence-corrected chi connectivity index (χ0v) is 8.75. The first-order valence-corrected chi connectivity index (χ1v) is 5.55. The Hall–Kier alpha value is -0.260. The molecule has 2 rings (SSSR count). The average Bonchev–Trinajstić information content (AvgIpc) is 2.60. The van der Waals surface area contributed by atoms with Crippen molar-refractivity contribution < 1.29 is 13.9 Å². The second-order valence-corrected chi connectivity index (χ2v) is 4.64. The number of nitrogens with zero attached hydrogens (tertiary/aromatic N) is 1. The van der Waals surface area contributed by atoms with Gasteiger partial charge in [0.15, 0.2) is 0 Å². The third-order valence-electron chi connectivity index (χ3n) is 3.49. The number of aliphatic hydroxyl groups excluding tert-OH is 1. The standard InChI is InChI=1S/C10H18F2N2O/c11-10(12,7-15)6-13-9-2-4-14-3-1-8(9)5-14/h8-9,13,15H,1-7H2. The number of halogens is 2. The van der Waals surface area contributed by atoms with Gasteiger partial charge in [-0.2, -0.15) is 0 Å². The lowest BCUT2D eigenvalue weighted by Gasteiger charge is -2.32. The number of hydrogen-bond donors (Lipinski definition) is 2. The molecule has 0 aliphatic carbocycles. The lowest BCUT2D eigenvalue weighted by atomic mass is 9.94. The van der Waals surface area contributed by atoms with Gasteiger partial charge in [-0.15, -0.1) is 0 Å². The van der Waals surface area contributed by atoms with Crippen molar-refractivity contribution in [2.24, 2.45) is 5.92 Å². The van der Waals surface area contributed by atoms with Crippen molar-refractivity contribution >= 4 is 0 Å². The third kappa shape index (κ3) is 2.65. The molecule has 2 aliphatic rings. The van der Waals surface area contributed by atoms with Crippen LogP contribution in [0, 0.1) is 5.92 Å². The largest absolute Gasteiger partial charge is 0.390 e. The summed E-state index contributed by atoms with van der Waals surface area (Å²) < 4.78 is 25.7. The van der Waals surface area contributed by atoms with Crippen LogP contribution < -0.4 is 5.32 Å². The summed E-state index contributed by atoms with van der Waals surface area (Å²) in [5.41, 5.74) is 0. The molecule has 0 amide bonds. The third-order valence-corrected chi connectivity index (χ3v) is 3.49. The molecule has 3 atom stereocenters. The maximum atomic E-state index is 12.8. The molecule has 3 nitrogen and oxygen atoms in total. The van der Waals surface area contributed by atoms with Crippen molar-refractivity contribution in [1.29, 1.82) is 0 Å². The molecule has 2 saturated heterocycles. The highest BCUT2D eigenvalue weighted by atomic mass is 19.3. The predicted octanol–water partition coefficient (Wildman–Crippen LogP) is 0.298. The zero-order valence-electron chi connectivity index (χ0n) is 8.75. The van der Waals surface area contributed by atoms with E-state index in [9.17, 15) is 8.78 Å². The summed E-state index contributed by atoms with van der Waals surface area (Å²) in [7, 11) is 0. The fourth-order valence-corrected chi connectivity index (χ4v) is 2.56. The Labute approximate surface area is 88.4 Å². The lowest BCUT2D eigenvalue weighted by Crippen LogP contribution is -2.48. The van der Waals surface area contributed by atoms with E-state index in [0.717, 1.165) is 32.5 Å². The molecule has 88 valence electrons. The number of rotatable bonds is 4. The molecule has 2 heterocycles. The first kappa shape index (κ1) is 11.2. The number of hydrogen-bond acceptors (Lipinski definition) is 3. The molecule has 3 unspecified atom stereocenters. The van der Waals surface area contributed by atoms with Crippen LogP contribution in [-0.4, -0.2) is 54.8 Å². The van der Waals surface area contributed by atoms with Crippen molar-refractivity contribution in [2.45, 2.75) is 24.8 Å². The Bertz CT molecular complexity index is 225. The summed E-state index contributed by atoms with van der Waals surface area (Å²) in [4.78, 5) is 2.38. The topological polar surface area (TPSA) is 35.5 Å². The van der Waals surface area contributed by atoms with Crippen molar-refractivity contribution in [3.05, 3.63) is 0 Å². The quantitative estimate of drug-likeness (QED) is 0.715. The van der Waals surface area contributed by atoms with E-state index < -0.39 is 19.1 Å². The monoisotopic (exact) mass is 220 g/mol. The van der Waals surface area contributed by atoms with Gasteiger partial charge in [-0.05, 0) is 31.8 Å². The van der Waals surface area contributed by atoms with Crippen LogP contribution in [0.4, 0.5) is 8.78 Å². The molecule has 5 heteroatoms. The number of alkyl halides is 2. The fraction of sp³-hybridized carbons (Fsp3) is 1.00. The van der Waals surface area contributed by atoms with E-state index in [2.05, 4.69) is 10.2 Å². The molecule has 2 bridgehead atoms. The number of aliphatic hydroxyl groups is 1. The van der Waals surface area contributed by atoms with Crippen molar-refractivity contribution in [1.82, 2.24) is 10.2 Å². The minimum atomic E-state index is -2.98. The molecular formula is C10H18F2N2O. The Balaban J connectivity index is 1.79. The Morgan fingerprint density at radius 1 is 1.33 bits per heavy atom. The van der Waals surface area contributed by atoms with Crippen molar-refractivity contribution in [2.75, 3.05) is 32.8 Å². The van der Waals surface area contributed by atoms with Crippen LogP contribution in [0.15, 0.2) is 0 Å². The molecule has 0 aromatic heterocycles. The van der Waals surface area contributed by atoms with Gasteiger partial charge in [0.1, 0.15) is 6.61 Å². The Morgan fingerprint density at radius 3 is 2.80 bits per heavy atom. The molecule has 0 aromatic carbocycles. The summed E-state index contributed by atoms with van der Waals surface area (Å²) in [5.74, 6) is -2.45. The average molecular weight is 220 g/mol. The zero-order chi connectivity index (χ0) is 10.9. The van der Waals surface area contributed by atoms with E-state index >= 15 is 0 Å². The number of piperidine rings is 1. The molecule has 0 saturated carbocycles. The SMILES string of the molecule is OCC(F)(F)CNC1CCN2CCC1C2. The predicted molar refractivity (Wildman–Crippen MR) is 53.0 cm³/mol. The normalized spacial score (nSPS) is 35.8. The van der Waals surface area contributed by atoms with Gasteiger partial charge in [-0.3, -0.25) is 0 Å². The van der Waals surface area contributed by atoms with Crippen LogP contribution in [-0.2, 0) is 0 Å². The van der Waals surface area contributed by atoms with Crippen molar-refractivity contribution in [3.8, 4) is 0 Å². The summed E-state index contributed by atoms with van der Waals surface area (Å²) in [6.45, 7) is 1.70. The number of nitrogens with one attached hydrogen (secondary N) is 1. The first-order valence-electron chi connectivity index (χ1n) is 5.55. The van der Waals surface area contributed by atoms with Crippen LogP contribution in [0.1, 0.15) is 12.8 Å². The molecule has 15 heavy (non-hydrogen) atoms.